The zero-order chi connectivity index (χ0) is 20.4. The minimum absolute atomic E-state index is 0.00624. The van der Waals surface area contributed by atoms with Crippen molar-refractivity contribution >= 4 is 23.0 Å². The lowest BCUT2D eigenvalue weighted by Crippen LogP contribution is -2.44. The first-order valence-electron chi connectivity index (χ1n) is 9.33. The highest BCUT2D eigenvalue weighted by Crippen LogP contribution is 2.20. The molecule has 0 aromatic carbocycles. The zero-order valence-corrected chi connectivity index (χ0v) is 15.9. The van der Waals surface area contributed by atoms with Gasteiger partial charge in [0.25, 0.3) is 5.91 Å². The third-order valence-electron chi connectivity index (χ3n) is 5.02. The van der Waals surface area contributed by atoms with E-state index in [0.717, 1.165) is 0 Å². The number of fused-ring (bicyclic) bond motifs is 1. The highest BCUT2D eigenvalue weighted by Gasteiger charge is 2.23. The third kappa shape index (κ3) is 3.80. The summed E-state index contributed by atoms with van der Waals surface area (Å²) in [6.45, 7) is 0.980. The number of aromatic amines is 1. The summed E-state index contributed by atoms with van der Waals surface area (Å²) in [5.74, 6) is -0.550. The molecular formula is C19H20N8O2. The largest absolute Gasteiger partial charge is 0.344 e. The monoisotopic (exact) mass is 392 g/mol. The summed E-state index contributed by atoms with van der Waals surface area (Å²) in [5.41, 5.74) is 2.45. The fourth-order valence-electron chi connectivity index (χ4n) is 3.35. The zero-order valence-electron chi connectivity index (χ0n) is 15.9. The topological polar surface area (TPSA) is 133 Å². The maximum atomic E-state index is 12.6. The van der Waals surface area contributed by atoms with E-state index >= 15 is 0 Å². The van der Waals surface area contributed by atoms with Crippen LogP contribution < -0.4 is 5.32 Å². The van der Waals surface area contributed by atoms with Crippen molar-refractivity contribution in [2.45, 2.75) is 12.8 Å². The summed E-state index contributed by atoms with van der Waals surface area (Å²) in [7, 11) is 1.86. The molecule has 2 N–H and O–H groups in total. The van der Waals surface area contributed by atoms with Gasteiger partial charge in [-0.2, -0.15) is 5.26 Å². The Hall–Kier alpha value is -3.74. The van der Waals surface area contributed by atoms with Crippen LogP contribution in [0.15, 0.2) is 24.9 Å². The van der Waals surface area contributed by atoms with Crippen molar-refractivity contribution in [1.82, 2.24) is 34.7 Å². The van der Waals surface area contributed by atoms with E-state index in [4.69, 9.17) is 5.26 Å². The highest BCUT2D eigenvalue weighted by atomic mass is 16.2. The summed E-state index contributed by atoms with van der Waals surface area (Å²) in [4.78, 5) is 42.7. The van der Waals surface area contributed by atoms with Crippen LogP contribution in [0, 0.1) is 17.2 Å². The lowest BCUT2D eigenvalue weighted by molar-refractivity contribution is -0.131. The molecule has 148 valence electrons. The number of amides is 2. The molecule has 10 nitrogen and oxygen atoms in total. The Morgan fingerprint density at radius 1 is 1.31 bits per heavy atom. The molecule has 1 aliphatic heterocycles. The van der Waals surface area contributed by atoms with E-state index in [2.05, 4.69) is 31.3 Å². The van der Waals surface area contributed by atoms with E-state index in [1.54, 1.807) is 22.0 Å². The van der Waals surface area contributed by atoms with Gasteiger partial charge in [0, 0.05) is 38.4 Å². The van der Waals surface area contributed by atoms with E-state index < -0.39 is 5.91 Å². The second-order valence-electron chi connectivity index (χ2n) is 7.05. The Labute approximate surface area is 166 Å². The van der Waals surface area contributed by atoms with Crippen molar-refractivity contribution in [2.24, 2.45) is 13.0 Å². The van der Waals surface area contributed by atoms with Crippen molar-refractivity contribution in [3.63, 3.8) is 0 Å². The van der Waals surface area contributed by atoms with Gasteiger partial charge in [-0.15, -0.1) is 0 Å². The fourth-order valence-corrected chi connectivity index (χ4v) is 3.35. The molecule has 4 rings (SSSR count). The van der Waals surface area contributed by atoms with Gasteiger partial charge in [-0.1, -0.05) is 0 Å². The SMILES string of the molecule is Cn1cnc(-c2cnc3[nH]cc(C(=O)NCC(=O)N4CCC(C#N)CC4)c3n2)c1. The fraction of sp³-hybridized carbons (Fsp3) is 0.368. The molecule has 29 heavy (non-hydrogen) atoms. The van der Waals surface area contributed by atoms with E-state index in [0.29, 0.717) is 54.0 Å². The number of aryl methyl sites for hydroxylation is 1. The number of hydrogen-bond donors (Lipinski definition) is 2. The number of nitrogens with zero attached hydrogens (tertiary/aromatic N) is 6. The Morgan fingerprint density at radius 2 is 2.10 bits per heavy atom. The molecule has 3 aromatic rings. The maximum Gasteiger partial charge on any atom is 0.255 e. The Bertz CT molecular complexity index is 1100. The van der Waals surface area contributed by atoms with Gasteiger partial charge in [0.15, 0.2) is 5.65 Å². The summed E-state index contributed by atoms with van der Waals surface area (Å²) in [6.07, 6.45) is 7.95. The first-order chi connectivity index (χ1) is 14.0. The Balaban J connectivity index is 1.44. The number of nitriles is 1. The number of H-pyrrole nitrogens is 1. The summed E-state index contributed by atoms with van der Waals surface area (Å²) in [5, 5.41) is 11.6. The van der Waals surface area contributed by atoms with Crippen LogP contribution in [0.3, 0.4) is 0 Å². The smallest absolute Gasteiger partial charge is 0.255 e. The molecular weight excluding hydrogens is 372 g/mol. The first-order valence-corrected chi connectivity index (χ1v) is 9.33. The van der Waals surface area contributed by atoms with Crippen LogP contribution in [0.1, 0.15) is 23.2 Å². The third-order valence-corrected chi connectivity index (χ3v) is 5.02. The number of nitrogens with one attached hydrogen (secondary N) is 2. The second-order valence-corrected chi connectivity index (χ2v) is 7.05. The van der Waals surface area contributed by atoms with Crippen LogP contribution in [-0.2, 0) is 11.8 Å². The van der Waals surface area contributed by atoms with Gasteiger partial charge in [0.05, 0.1) is 30.7 Å². The van der Waals surface area contributed by atoms with Crippen molar-refractivity contribution < 1.29 is 9.59 Å². The molecule has 0 radical (unpaired) electrons. The lowest BCUT2D eigenvalue weighted by Gasteiger charge is -2.29. The van der Waals surface area contributed by atoms with Crippen LogP contribution in [0.5, 0.6) is 0 Å². The van der Waals surface area contributed by atoms with Crippen LogP contribution in [0.2, 0.25) is 0 Å². The molecule has 0 unspecified atom stereocenters. The lowest BCUT2D eigenvalue weighted by atomic mass is 9.99. The molecule has 1 saturated heterocycles. The van der Waals surface area contributed by atoms with Gasteiger partial charge < -0.3 is 19.8 Å². The predicted molar refractivity (Wildman–Crippen MR) is 103 cm³/mol. The molecule has 0 aliphatic carbocycles. The molecule has 1 aliphatic rings. The number of rotatable bonds is 4. The van der Waals surface area contributed by atoms with Crippen LogP contribution in [0.25, 0.3) is 22.6 Å². The van der Waals surface area contributed by atoms with E-state index in [9.17, 15) is 9.59 Å². The molecule has 3 aromatic heterocycles. The van der Waals surface area contributed by atoms with E-state index in [-0.39, 0.29) is 18.4 Å². The van der Waals surface area contributed by atoms with Crippen molar-refractivity contribution in [1.29, 1.82) is 5.26 Å². The molecule has 0 bridgehead atoms. The van der Waals surface area contributed by atoms with Gasteiger partial charge in [0.2, 0.25) is 5.91 Å². The molecule has 0 saturated carbocycles. The summed E-state index contributed by atoms with van der Waals surface area (Å²) in [6, 6.07) is 2.24. The number of piperidine rings is 1. The highest BCUT2D eigenvalue weighted by molar-refractivity contribution is 6.05. The molecule has 0 atom stereocenters. The molecule has 2 amide bonds. The van der Waals surface area contributed by atoms with Crippen LogP contribution in [0.4, 0.5) is 0 Å². The Morgan fingerprint density at radius 3 is 2.79 bits per heavy atom. The average molecular weight is 392 g/mol. The second kappa shape index (κ2) is 7.71. The van der Waals surface area contributed by atoms with Crippen molar-refractivity contribution in [2.75, 3.05) is 19.6 Å². The number of carbonyl (C=O) groups excluding carboxylic acids is 2. The van der Waals surface area contributed by atoms with E-state index in [1.807, 2.05) is 13.2 Å². The quantitative estimate of drug-likeness (QED) is 0.676. The minimum Gasteiger partial charge on any atom is -0.344 e. The van der Waals surface area contributed by atoms with E-state index in [1.165, 1.54) is 6.20 Å². The van der Waals surface area contributed by atoms with Crippen LogP contribution >= 0.6 is 0 Å². The Kier molecular flexibility index (Phi) is 4.95. The van der Waals surface area contributed by atoms with Gasteiger partial charge in [-0.25, -0.2) is 15.0 Å². The maximum absolute atomic E-state index is 12.6. The molecule has 10 heteroatoms. The van der Waals surface area contributed by atoms with Gasteiger partial charge >= 0.3 is 0 Å². The van der Waals surface area contributed by atoms with Crippen molar-refractivity contribution in [3.05, 3.63) is 30.5 Å². The number of imidazole rings is 1. The van der Waals surface area contributed by atoms with Crippen molar-refractivity contribution in [3.8, 4) is 17.5 Å². The summed E-state index contributed by atoms with van der Waals surface area (Å²) < 4.78 is 1.80. The average Bonchev–Trinajstić information content (AvgIpc) is 3.37. The standard InChI is InChI=1S/C19H20N8O2/c1-26-10-15(24-11-26)14-8-22-18-17(25-14)13(7-21-18)19(29)23-9-16(28)27-4-2-12(6-20)3-5-27/h7-8,10-12H,2-5,9H2,1H3,(H,21,22)(H,23,29). The van der Waals surface area contributed by atoms with Gasteiger partial charge in [-0.3, -0.25) is 9.59 Å². The van der Waals surface area contributed by atoms with Crippen LogP contribution in [-0.4, -0.2) is 60.9 Å². The number of likely N-dealkylation sites (tertiary alicyclic amines) is 1. The molecule has 0 spiro atoms. The van der Waals surface area contributed by atoms with Gasteiger partial charge in [0.1, 0.15) is 16.9 Å². The first kappa shape index (κ1) is 18.6. The molecule has 1 fully saturated rings. The predicted octanol–water partition coefficient (Wildman–Crippen LogP) is 0.850. The van der Waals surface area contributed by atoms with Gasteiger partial charge in [-0.05, 0) is 12.8 Å². The number of hydrogen-bond acceptors (Lipinski definition) is 6. The summed E-state index contributed by atoms with van der Waals surface area (Å²) >= 11 is 0. The minimum atomic E-state index is -0.399. The normalized spacial score (nSPS) is 14.7. The number of aromatic nitrogens is 5. The molecule has 4 heterocycles. The number of carbonyl (C=O) groups is 2.